The van der Waals surface area contributed by atoms with Crippen molar-refractivity contribution < 1.29 is 18.0 Å². The molecule has 1 atom stereocenters. The van der Waals surface area contributed by atoms with Gasteiger partial charge in [-0.25, -0.2) is 23.4 Å². The van der Waals surface area contributed by atoms with Crippen molar-refractivity contribution in [2.75, 3.05) is 16.8 Å². The zero-order valence-electron chi connectivity index (χ0n) is 16.8. The first-order chi connectivity index (χ1) is 14.8. The van der Waals surface area contributed by atoms with Crippen LogP contribution in [0.3, 0.4) is 0 Å². The second-order valence-electron chi connectivity index (χ2n) is 7.41. The average Bonchev–Trinajstić information content (AvgIpc) is 3.10. The van der Waals surface area contributed by atoms with Crippen LogP contribution in [0.2, 0.25) is 0 Å². The van der Waals surface area contributed by atoms with E-state index in [1.54, 1.807) is 24.5 Å². The molecule has 0 unspecified atom stereocenters. The van der Waals surface area contributed by atoms with Gasteiger partial charge in [0, 0.05) is 35.8 Å². The molecule has 4 rings (SSSR count). The molecule has 1 aromatic carbocycles. The lowest BCUT2D eigenvalue weighted by molar-refractivity contribution is -0.133. The molecule has 0 bridgehead atoms. The fourth-order valence-corrected chi connectivity index (χ4v) is 5.97. The third-order valence-corrected chi connectivity index (χ3v) is 7.71. The number of anilines is 1. The first-order valence-corrected chi connectivity index (χ1v) is 12.4. The van der Waals surface area contributed by atoms with E-state index in [1.807, 2.05) is 19.1 Å². The standard InChI is InChI=1S/C20H21N5O4S2/c1-13-11-15(30-20-21-8-2-9-22-20)3-4-16(13)23-19(27)17-5-6-18(26)25(24-17)14-7-10-31(28,29)12-14/h2-4,8-9,11,14H,5-7,10,12H2,1H3,(H,23,27)/t14-/m1/s1. The number of rotatable bonds is 5. The number of hydrogen-bond acceptors (Lipinski definition) is 8. The van der Waals surface area contributed by atoms with Gasteiger partial charge >= 0.3 is 0 Å². The summed E-state index contributed by atoms with van der Waals surface area (Å²) in [7, 11) is -3.16. The fraction of sp³-hybridized carbons (Fsp3) is 0.350. The zero-order chi connectivity index (χ0) is 22.0. The molecule has 0 spiro atoms. The van der Waals surface area contributed by atoms with Crippen LogP contribution in [0.5, 0.6) is 0 Å². The topological polar surface area (TPSA) is 122 Å². The Morgan fingerprint density at radius 3 is 2.68 bits per heavy atom. The second-order valence-corrected chi connectivity index (χ2v) is 10.7. The second kappa shape index (κ2) is 8.75. The van der Waals surface area contributed by atoms with Crippen molar-refractivity contribution >= 4 is 44.8 Å². The van der Waals surface area contributed by atoms with Gasteiger partial charge in [-0.05, 0) is 54.9 Å². The Kier molecular flexibility index (Phi) is 6.05. The summed E-state index contributed by atoms with van der Waals surface area (Å²) < 4.78 is 23.5. The van der Waals surface area contributed by atoms with Crippen LogP contribution in [0.4, 0.5) is 5.69 Å². The van der Waals surface area contributed by atoms with E-state index in [9.17, 15) is 18.0 Å². The highest BCUT2D eigenvalue weighted by atomic mass is 32.2. The number of nitrogens with one attached hydrogen (secondary N) is 1. The van der Waals surface area contributed by atoms with Gasteiger partial charge in [0.1, 0.15) is 5.71 Å². The summed E-state index contributed by atoms with van der Waals surface area (Å²) in [6.07, 6.45) is 4.05. The number of hydrogen-bond donors (Lipinski definition) is 1. The van der Waals surface area contributed by atoms with Gasteiger partial charge in [0.25, 0.3) is 5.91 Å². The summed E-state index contributed by atoms with van der Waals surface area (Å²) in [5, 5.41) is 8.88. The molecule has 2 amide bonds. The van der Waals surface area contributed by atoms with E-state index in [0.29, 0.717) is 17.3 Å². The van der Waals surface area contributed by atoms with Crippen LogP contribution in [0.1, 0.15) is 24.8 Å². The molecule has 2 aliphatic heterocycles. The van der Waals surface area contributed by atoms with Gasteiger partial charge in [-0.1, -0.05) is 0 Å². The van der Waals surface area contributed by atoms with Crippen LogP contribution in [-0.4, -0.2) is 58.5 Å². The van der Waals surface area contributed by atoms with Gasteiger partial charge < -0.3 is 5.32 Å². The summed E-state index contributed by atoms with van der Waals surface area (Å²) in [6.45, 7) is 1.88. The quantitative estimate of drug-likeness (QED) is 0.679. The molecule has 0 saturated carbocycles. The number of aryl methyl sites for hydroxylation is 1. The summed E-state index contributed by atoms with van der Waals surface area (Å²) in [5.41, 5.74) is 1.72. The first kappa shape index (κ1) is 21.4. The van der Waals surface area contributed by atoms with E-state index >= 15 is 0 Å². The molecule has 0 aliphatic carbocycles. The Balaban J connectivity index is 1.46. The SMILES string of the molecule is Cc1cc(Sc2ncccn2)ccc1NC(=O)C1=NN([C@@H]2CCS(=O)(=O)C2)C(=O)CC1. The zero-order valence-corrected chi connectivity index (χ0v) is 18.4. The third kappa shape index (κ3) is 5.10. The molecular formula is C20H21N5O4S2. The maximum Gasteiger partial charge on any atom is 0.271 e. The normalized spacial score (nSPS) is 20.4. The Bertz CT molecular complexity index is 1150. The van der Waals surface area contributed by atoms with E-state index in [4.69, 9.17) is 0 Å². The molecule has 1 aromatic heterocycles. The molecule has 11 heteroatoms. The number of carbonyl (C=O) groups is 2. The number of sulfone groups is 1. The lowest BCUT2D eigenvalue weighted by Gasteiger charge is -2.27. The van der Waals surface area contributed by atoms with E-state index < -0.39 is 21.8 Å². The van der Waals surface area contributed by atoms with Crippen LogP contribution in [0.15, 0.2) is 51.8 Å². The Labute approximate surface area is 184 Å². The number of hydrazone groups is 1. The molecule has 0 radical (unpaired) electrons. The van der Waals surface area contributed by atoms with Crippen molar-refractivity contribution in [3.63, 3.8) is 0 Å². The first-order valence-electron chi connectivity index (χ1n) is 9.77. The van der Waals surface area contributed by atoms with Crippen molar-refractivity contribution in [1.82, 2.24) is 15.0 Å². The summed E-state index contributed by atoms with van der Waals surface area (Å²) in [6, 6.07) is 6.85. The van der Waals surface area contributed by atoms with Crippen molar-refractivity contribution in [2.24, 2.45) is 5.10 Å². The predicted octanol–water partition coefficient (Wildman–Crippen LogP) is 2.04. The van der Waals surface area contributed by atoms with E-state index in [0.717, 1.165) is 10.5 Å². The monoisotopic (exact) mass is 459 g/mol. The van der Waals surface area contributed by atoms with Gasteiger partial charge in [0.15, 0.2) is 15.0 Å². The van der Waals surface area contributed by atoms with Gasteiger partial charge in [-0.3, -0.25) is 9.59 Å². The van der Waals surface area contributed by atoms with E-state index in [1.165, 1.54) is 16.8 Å². The maximum absolute atomic E-state index is 12.8. The highest BCUT2D eigenvalue weighted by molar-refractivity contribution is 7.99. The van der Waals surface area contributed by atoms with Crippen molar-refractivity contribution in [2.45, 2.75) is 42.3 Å². The smallest absolute Gasteiger partial charge is 0.271 e. The van der Waals surface area contributed by atoms with Crippen molar-refractivity contribution in [3.05, 3.63) is 42.2 Å². The molecule has 31 heavy (non-hydrogen) atoms. The highest BCUT2D eigenvalue weighted by Gasteiger charge is 2.37. The van der Waals surface area contributed by atoms with Crippen LogP contribution < -0.4 is 5.32 Å². The minimum atomic E-state index is -3.16. The number of aromatic nitrogens is 2. The van der Waals surface area contributed by atoms with Crippen LogP contribution in [0.25, 0.3) is 0 Å². The van der Waals surface area contributed by atoms with Crippen LogP contribution in [-0.2, 0) is 19.4 Å². The Morgan fingerprint density at radius 1 is 1.23 bits per heavy atom. The summed E-state index contributed by atoms with van der Waals surface area (Å²) in [5.74, 6) is -0.719. The molecule has 3 heterocycles. The Hall–Kier alpha value is -2.79. The molecule has 2 aromatic rings. The lowest BCUT2D eigenvalue weighted by atomic mass is 10.1. The van der Waals surface area contributed by atoms with Gasteiger partial charge in [0.2, 0.25) is 5.91 Å². The molecule has 9 nitrogen and oxygen atoms in total. The lowest BCUT2D eigenvalue weighted by Crippen LogP contribution is -2.42. The van der Waals surface area contributed by atoms with Gasteiger partial charge in [-0.15, -0.1) is 0 Å². The minimum absolute atomic E-state index is 0.0378. The van der Waals surface area contributed by atoms with Gasteiger partial charge in [0.05, 0.1) is 17.5 Å². The van der Waals surface area contributed by atoms with Crippen molar-refractivity contribution in [3.8, 4) is 0 Å². The minimum Gasteiger partial charge on any atom is -0.321 e. The summed E-state index contributed by atoms with van der Waals surface area (Å²) >= 11 is 1.42. The Morgan fingerprint density at radius 2 is 2.00 bits per heavy atom. The number of carbonyl (C=O) groups excluding carboxylic acids is 2. The predicted molar refractivity (Wildman–Crippen MR) is 117 cm³/mol. The molecule has 1 fully saturated rings. The molecular weight excluding hydrogens is 438 g/mol. The molecule has 1 N–H and O–H groups in total. The largest absolute Gasteiger partial charge is 0.321 e. The number of nitrogens with zero attached hydrogens (tertiary/aromatic N) is 4. The van der Waals surface area contributed by atoms with Gasteiger partial charge in [-0.2, -0.15) is 5.10 Å². The molecule has 2 aliphatic rings. The fourth-order valence-electron chi connectivity index (χ4n) is 3.47. The maximum atomic E-state index is 12.8. The van der Waals surface area contributed by atoms with E-state index in [2.05, 4.69) is 20.4 Å². The van der Waals surface area contributed by atoms with Crippen LogP contribution in [0, 0.1) is 6.92 Å². The van der Waals surface area contributed by atoms with Crippen molar-refractivity contribution in [1.29, 1.82) is 0 Å². The van der Waals surface area contributed by atoms with E-state index in [-0.39, 0.29) is 36.0 Å². The molecule has 1 saturated heterocycles. The highest BCUT2D eigenvalue weighted by Crippen LogP contribution is 2.28. The summed E-state index contributed by atoms with van der Waals surface area (Å²) in [4.78, 5) is 34.3. The molecule has 162 valence electrons. The average molecular weight is 460 g/mol. The van der Waals surface area contributed by atoms with Crippen LogP contribution >= 0.6 is 11.8 Å². The number of benzene rings is 1. The third-order valence-electron chi connectivity index (χ3n) is 5.07. The number of amides is 2.